The van der Waals surface area contributed by atoms with Gasteiger partial charge in [-0.1, -0.05) is 23.7 Å². The molecule has 1 unspecified atom stereocenters. The Bertz CT molecular complexity index is 507. The first-order chi connectivity index (χ1) is 7.72. The van der Waals surface area contributed by atoms with Crippen LogP contribution in [0.1, 0.15) is 29.0 Å². The van der Waals surface area contributed by atoms with Crippen molar-refractivity contribution in [3.05, 3.63) is 53.1 Å². The minimum Gasteiger partial charge on any atom is -0.321 e. The molecule has 2 rings (SSSR count). The van der Waals surface area contributed by atoms with Crippen LogP contribution in [0.15, 0.2) is 36.8 Å². The number of carbonyl (C=O) groups excluding carboxylic acids is 1. The maximum Gasteiger partial charge on any atom is 0.168 e. The second-order valence-corrected chi connectivity index (χ2v) is 4.01. The molecule has 0 N–H and O–H groups in total. The zero-order chi connectivity index (χ0) is 11.5. The van der Waals surface area contributed by atoms with Crippen LogP contribution in [0.5, 0.6) is 0 Å². The Hall–Kier alpha value is -1.61. The van der Waals surface area contributed by atoms with Crippen LogP contribution in [0, 0.1) is 0 Å². The average molecular weight is 235 g/mol. The molecule has 0 saturated carbocycles. The highest BCUT2D eigenvalue weighted by Gasteiger charge is 2.11. The van der Waals surface area contributed by atoms with Crippen molar-refractivity contribution in [2.75, 3.05) is 0 Å². The summed E-state index contributed by atoms with van der Waals surface area (Å²) in [5.74, 6) is 0. The summed E-state index contributed by atoms with van der Waals surface area (Å²) in [5, 5.41) is 0.692. The number of rotatable bonds is 3. The van der Waals surface area contributed by atoms with Crippen molar-refractivity contribution in [2.45, 2.75) is 13.0 Å². The van der Waals surface area contributed by atoms with Gasteiger partial charge in [-0.25, -0.2) is 4.98 Å². The van der Waals surface area contributed by atoms with E-state index >= 15 is 0 Å². The van der Waals surface area contributed by atoms with E-state index in [0.717, 1.165) is 11.8 Å². The van der Waals surface area contributed by atoms with E-state index in [2.05, 4.69) is 4.98 Å². The molecule has 1 aromatic carbocycles. The molecule has 0 fully saturated rings. The third kappa shape index (κ3) is 1.99. The van der Waals surface area contributed by atoms with Gasteiger partial charge in [0.1, 0.15) is 5.69 Å². The number of aldehydes is 1. The highest BCUT2D eigenvalue weighted by molar-refractivity contribution is 6.30. The Morgan fingerprint density at radius 1 is 1.50 bits per heavy atom. The van der Waals surface area contributed by atoms with Crippen molar-refractivity contribution in [1.29, 1.82) is 0 Å². The lowest BCUT2D eigenvalue weighted by Gasteiger charge is -2.15. The Kier molecular flexibility index (Phi) is 3.06. The van der Waals surface area contributed by atoms with Gasteiger partial charge in [0.05, 0.1) is 18.6 Å². The third-order valence-electron chi connectivity index (χ3n) is 2.57. The summed E-state index contributed by atoms with van der Waals surface area (Å²) in [6, 6.07) is 7.63. The summed E-state index contributed by atoms with van der Waals surface area (Å²) in [6.07, 6.45) is 4.00. The highest BCUT2D eigenvalue weighted by atomic mass is 35.5. The van der Waals surface area contributed by atoms with E-state index in [1.165, 1.54) is 0 Å². The largest absolute Gasteiger partial charge is 0.321 e. The van der Waals surface area contributed by atoms with E-state index in [0.29, 0.717) is 10.7 Å². The number of halogens is 1. The predicted molar refractivity (Wildman–Crippen MR) is 62.9 cm³/mol. The van der Waals surface area contributed by atoms with Gasteiger partial charge in [0.25, 0.3) is 0 Å². The molecular weight excluding hydrogens is 224 g/mol. The number of nitrogens with zero attached hydrogens (tertiary/aromatic N) is 2. The smallest absolute Gasteiger partial charge is 0.168 e. The molecule has 0 aliphatic rings. The minimum absolute atomic E-state index is 0.0430. The number of hydrogen-bond acceptors (Lipinski definition) is 2. The summed E-state index contributed by atoms with van der Waals surface area (Å²) in [4.78, 5) is 14.8. The number of carbonyl (C=O) groups is 1. The molecule has 0 aliphatic heterocycles. The highest BCUT2D eigenvalue weighted by Crippen LogP contribution is 2.21. The molecular formula is C12H11ClN2O. The van der Waals surface area contributed by atoms with Gasteiger partial charge in [0, 0.05) is 5.02 Å². The third-order valence-corrected chi connectivity index (χ3v) is 2.80. The van der Waals surface area contributed by atoms with E-state index in [1.807, 2.05) is 35.8 Å². The van der Waals surface area contributed by atoms with Gasteiger partial charge in [0.15, 0.2) is 6.29 Å². The summed E-state index contributed by atoms with van der Waals surface area (Å²) in [5.41, 5.74) is 1.61. The quantitative estimate of drug-likeness (QED) is 0.766. The lowest BCUT2D eigenvalue weighted by molar-refractivity contribution is 0.111. The fourth-order valence-electron chi connectivity index (χ4n) is 1.66. The van der Waals surface area contributed by atoms with Gasteiger partial charge < -0.3 is 4.57 Å². The standard InChI is InChI=1S/C12H11ClN2O/c1-9(10-3-2-4-11(13)5-10)15-8-14-6-12(15)7-16/h2-9H,1H3. The summed E-state index contributed by atoms with van der Waals surface area (Å²) >= 11 is 5.93. The first-order valence-electron chi connectivity index (χ1n) is 4.95. The summed E-state index contributed by atoms with van der Waals surface area (Å²) in [6.45, 7) is 2.00. The maximum absolute atomic E-state index is 10.8. The topological polar surface area (TPSA) is 34.9 Å². The van der Waals surface area contributed by atoms with Crippen molar-refractivity contribution < 1.29 is 4.79 Å². The van der Waals surface area contributed by atoms with Crippen LogP contribution >= 0.6 is 11.6 Å². The second-order valence-electron chi connectivity index (χ2n) is 3.57. The van der Waals surface area contributed by atoms with Gasteiger partial charge in [-0.3, -0.25) is 4.79 Å². The molecule has 1 heterocycles. The Labute approximate surface area is 98.7 Å². The first kappa shape index (κ1) is 10.9. The SMILES string of the molecule is CC(c1cccc(Cl)c1)n1cncc1C=O. The molecule has 3 nitrogen and oxygen atoms in total. The van der Waals surface area contributed by atoms with E-state index < -0.39 is 0 Å². The van der Waals surface area contributed by atoms with Crippen LogP contribution in [0.2, 0.25) is 5.02 Å². The number of benzene rings is 1. The fraction of sp³-hybridized carbons (Fsp3) is 0.167. The van der Waals surface area contributed by atoms with Gasteiger partial charge in [-0.2, -0.15) is 0 Å². The first-order valence-corrected chi connectivity index (χ1v) is 5.32. The monoisotopic (exact) mass is 234 g/mol. The molecule has 0 amide bonds. The van der Waals surface area contributed by atoms with Gasteiger partial charge in [-0.15, -0.1) is 0 Å². The van der Waals surface area contributed by atoms with Crippen LogP contribution in [0.3, 0.4) is 0 Å². The number of imidazole rings is 1. The molecule has 0 aliphatic carbocycles. The summed E-state index contributed by atoms with van der Waals surface area (Å²) < 4.78 is 1.82. The molecule has 1 aromatic heterocycles. The Morgan fingerprint density at radius 2 is 2.31 bits per heavy atom. The fourth-order valence-corrected chi connectivity index (χ4v) is 1.86. The zero-order valence-electron chi connectivity index (χ0n) is 8.80. The van der Waals surface area contributed by atoms with Gasteiger partial charge in [0.2, 0.25) is 0 Å². The Morgan fingerprint density at radius 3 is 3.00 bits per heavy atom. The lowest BCUT2D eigenvalue weighted by Crippen LogP contribution is -2.08. The molecule has 2 aromatic rings. The van der Waals surface area contributed by atoms with Crippen LogP contribution in [-0.2, 0) is 0 Å². The molecule has 0 radical (unpaired) electrons. The van der Waals surface area contributed by atoms with Crippen LogP contribution in [0.4, 0.5) is 0 Å². The van der Waals surface area contributed by atoms with Crippen LogP contribution < -0.4 is 0 Å². The molecule has 4 heteroatoms. The van der Waals surface area contributed by atoms with E-state index in [1.54, 1.807) is 12.5 Å². The van der Waals surface area contributed by atoms with Crippen molar-refractivity contribution in [3.8, 4) is 0 Å². The molecule has 0 bridgehead atoms. The van der Waals surface area contributed by atoms with Crippen molar-refractivity contribution in [2.24, 2.45) is 0 Å². The minimum atomic E-state index is 0.0430. The summed E-state index contributed by atoms with van der Waals surface area (Å²) in [7, 11) is 0. The molecule has 0 saturated heterocycles. The van der Waals surface area contributed by atoms with E-state index in [9.17, 15) is 4.79 Å². The molecule has 16 heavy (non-hydrogen) atoms. The lowest BCUT2D eigenvalue weighted by atomic mass is 10.1. The number of aromatic nitrogens is 2. The average Bonchev–Trinajstić information content (AvgIpc) is 2.76. The maximum atomic E-state index is 10.8. The van der Waals surface area contributed by atoms with Crippen LogP contribution in [-0.4, -0.2) is 15.8 Å². The molecule has 1 atom stereocenters. The normalized spacial score (nSPS) is 12.4. The van der Waals surface area contributed by atoms with Crippen molar-refractivity contribution >= 4 is 17.9 Å². The van der Waals surface area contributed by atoms with Crippen molar-refractivity contribution in [3.63, 3.8) is 0 Å². The van der Waals surface area contributed by atoms with Crippen molar-refractivity contribution in [1.82, 2.24) is 9.55 Å². The Balaban J connectivity index is 2.38. The zero-order valence-corrected chi connectivity index (χ0v) is 9.56. The second kappa shape index (κ2) is 4.49. The molecule has 82 valence electrons. The van der Waals surface area contributed by atoms with Gasteiger partial charge in [-0.05, 0) is 24.6 Å². The predicted octanol–water partition coefficient (Wildman–Crippen LogP) is 2.96. The van der Waals surface area contributed by atoms with E-state index in [4.69, 9.17) is 11.6 Å². The number of hydrogen-bond donors (Lipinski definition) is 0. The van der Waals surface area contributed by atoms with Crippen LogP contribution in [0.25, 0.3) is 0 Å². The molecule has 0 spiro atoms. The van der Waals surface area contributed by atoms with Gasteiger partial charge >= 0.3 is 0 Å². The van der Waals surface area contributed by atoms with E-state index in [-0.39, 0.29) is 6.04 Å².